The van der Waals surface area contributed by atoms with Crippen LogP contribution in [0.25, 0.3) is 0 Å². The van der Waals surface area contributed by atoms with Crippen LogP contribution < -0.4 is 5.73 Å². The van der Waals surface area contributed by atoms with Gasteiger partial charge in [0.2, 0.25) is 0 Å². The maximum atomic E-state index is 12.0. The van der Waals surface area contributed by atoms with E-state index in [4.69, 9.17) is 5.73 Å². The van der Waals surface area contributed by atoms with Gasteiger partial charge in [-0.3, -0.25) is 9.59 Å². The Hall–Kier alpha value is -2.66. The molecule has 0 aromatic heterocycles. The van der Waals surface area contributed by atoms with Crippen molar-refractivity contribution in [1.29, 1.82) is 0 Å². The molecule has 1 saturated carbocycles. The molecule has 142 valence electrons. The Morgan fingerprint density at radius 2 is 1.44 bits per heavy atom. The van der Waals surface area contributed by atoms with Gasteiger partial charge in [-0.15, -0.1) is 0 Å². The summed E-state index contributed by atoms with van der Waals surface area (Å²) in [4.78, 5) is 23.3. The van der Waals surface area contributed by atoms with Gasteiger partial charge < -0.3 is 15.9 Å². The molecular weight excluding hydrogens is 342 g/mol. The number of benzene rings is 2. The Morgan fingerprint density at radius 1 is 0.963 bits per heavy atom. The highest BCUT2D eigenvalue weighted by Gasteiger charge is 2.58. The molecule has 1 aliphatic rings. The van der Waals surface area contributed by atoms with Crippen molar-refractivity contribution in [3.63, 3.8) is 0 Å². The lowest BCUT2D eigenvalue weighted by atomic mass is 9.78. The molecule has 5 nitrogen and oxygen atoms in total. The number of carboxylic acids is 2. The average Bonchev–Trinajstić information content (AvgIpc) is 3.45. The first kappa shape index (κ1) is 19.1. The number of hydrogen-bond donors (Lipinski definition) is 3. The van der Waals surface area contributed by atoms with Crippen LogP contribution in [-0.4, -0.2) is 27.7 Å². The van der Waals surface area contributed by atoms with Gasteiger partial charge in [0.05, 0.1) is 5.92 Å². The van der Waals surface area contributed by atoms with Crippen LogP contribution in [0.4, 0.5) is 0 Å². The second kappa shape index (κ2) is 7.92. The number of nitrogens with two attached hydrogens (primary N) is 1. The fourth-order valence-corrected chi connectivity index (χ4v) is 4.02. The van der Waals surface area contributed by atoms with Crippen molar-refractivity contribution in [2.75, 3.05) is 0 Å². The highest BCUT2D eigenvalue weighted by molar-refractivity contribution is 5.83. The van der Waals surface area contributed by atoms with Crippen LogP contribution in [-0.2, 0) is 22.4 Å². The van der Waals surface area contributed by atoms with E-state index in [0.29, 0.717) is 19.3 Å². The van der Waals surface area contributed by atoms with E-state index in [1.807, 2.05) is 60.7 Å². The van der Waals surface area contributed by atoms with Crippen LogP contribution in [0.5, 0.6) is 0 Å². The molecule has 0 amide bonds. The highest BCUT2D eigenvalue weighted by Crippen LogP contribution is 2.48. The first-order chi connectivity index (χ1) is 12.9. The van der Waals surface area contributed by atoms with Gasteiger partial charge in [0, 0.05) is 5.92 Å². The van der Waals surface area contributed by atoms with Crippen molar-refractivity contribution in [2.24, 2.45) is 23.5 Å². The lowest BCUT2D eigenvalue weighted by Crippen LogP contribution is -2.52. The second-order valence-electron chi connectivity index (χ2n) is 7.58. The van der Waals surface area contributed by atoms with E-state index in [2.05, 4.69) is 0 Å². The van der Waals surface area contributed by atoms with E-state index in [1.165, 1.54) is 0 Å². The maximum absolute atomic E-state index is 12.0. The zero-order valence-corrected chi connectivity index (χ0v) is 15.1. The fraction of sp³-hybridized carbons (Fsp3) is 0.364. The Labute approximate surface area is 158 Å². The smallest absolute Gasteiger partial charge is 0.324 e. The molecule has 0 bridgehead atoms. The fourth-order valence-electron chi connectivity index (χ4n) is 4.02. The Bertz CT molecular complexity index is 751. The monoisotopic (exact) mass is 367 g/mol. The second-order valence-corrected chi connectivity index (χ2v) is 7.58. The first-order valence-electron chi connectivity index (χ1n) is 9.23. The van der Waals surface area contributed by atoms with Gasteiger partial charge in [-0.1, -0.05) is 60.7 Å². The summed E-state index contributed by atoms with van der Waals surface area (Å²) in [6.07, 6.45) is 1.99. The minimum Gasteiger partial charge on any atom is -0.481 e. The van der Waals surface area contributed by atoms with Gasteiger partial charge in [0.1, 0.15) is 5.54 Å². The Kier molecular flexibility index (Phi) is 5.61. The molecule has 4 N–H and O–H groups in total. The van der Waals surface area contributed by atoms with Crippen molar-refractivity contribution in [3.05, 3.63) is 71.8 Å². The van der Waals surface area contributed by atoms with Crippen LogP contribution in [0.3, 0.4) is 0 Å². The van der Waals surface area contributed by atoms with Gasteiger partial charge in [0.25, 0.3) is 0 Å². The van der Waals surface area contributed by atoms with Crippen molar-refractivity contribution < 1.29 is 19.8 Å². The molecule has 27 heavy (non-hydrogen) atoms. The summed E-state index contributed by atoms with van der Waals surface area (Å²) >= 11 is 0. The van der Waals surface area contributed by atoms with Crippen molar-refractivity contribution in [3.8, 4) is 0 Å². The molecule has 1 aliphatic carbocycles. The predicted octanol–water partition coefficient (Wildman–Crippen LogP) is 2.98. The molecule has 0 saturated heterocycles. The van der Waals surface area contributed by atoms with E-state index in [0.717, 1.165) is 11.1 Å². The number of carboxylic acid groups (broad SMARTS) is 2. The number of aliphatic carboxylic acids is 2. The largest absolute Gasteiger partial charge is 0.481 e. The molecule has 1 unspecified atom stereocenters. The summed E-state index contributed by atoms with van der Waals surface area (Å²) < 4.78 is 0. The van der Waals surface area contributed by atoms with Gasteiger partial charge in [-0.05, 0) is 42.7 Å². The van der Waals surface area contributed by atoms with Crippen molar-refractivity contribution in [1.82, 2.24) is 0 Å². The maximum Gasteiger partial charge on any atom is 0.324 e. The molecule has 2 aromatic carbocycles. The molecule has 0 aliphatic heterocycles. The normalized spacial score (nSPS) is 20.8. The molecule has 0 spiro atoms. The molecule has 2 aromatic rings. The molecule has 0 radical (unpaired) electrons. The molecule has 3 rings (SSSR count). The number of rotatable bonds is 9. The third-order valence-corrected chi connectivity index (χ3v) is 5.53. The van der Waals surface area contributed by atoms with Crippen molar-refractivity contribution in [2.45, 2.75) is 31.2 Å². The predicted molar refractivity (Wildman–Crippen MR) is 102 cm³/mol. The zero-order valence-electron chi connectivity index (χ0n) is 15.1. The zero-order chi connectivity index (χ0) is 19.4. The minimum atomic E-state index is -1.52. The number of hydrogen-bond acceptors (Lipinski definition) is 3. The quantitative estimate of drug-likeness (QED) is 0.632. The average molecular weight is 367 g/mol. The summed E-state index contributed by atoms with van der Waals surface area (Å²) in [7, 11) is 0. The van der Waals surface area contributed by atoms with E-state index in [1.54, 1.807) is 0 Å². The lowest BCUT2D eigenvalue weighted by molar-refractivity contribution is -0.146. The van der Waals surface area contributed by atoms with E-state index < -0.39 is 29.3 Å². The SMILES string of the molecule is N[C@@](CC(Cc1ccccc1)Cc1ccccc1)(C(=O)O)C1C[C@@H]1C(=O)O. The van der Waals surface area contributed by atoms with E-state index >= 15 is 0 Å². The summed E-state index contributed by atoms with van der Waals surface area (Å²) in [6.45, 7) is 0. The first-order valence-corrected chi connectivity index (χ1v) is 9.23. The van der Waals surface area contributed by atoms with Crippen LogP contribution in [0.1, 0.15) is 24.0 Å². The van der Waals surface area contributed by atoms with Crippen LogP contribution in [0, 0.1) is 17.8 Å². The Balaban J connectivity index is 1.82. The summed E-state index contributed by atoms with van der Waals surface area (Å²) in [5, 5.41) is 19.0. The Morgan fingerprint density at radius 3 is 1.81 bits per heavy atom. The summed E-state index contributed by atoms with van der Waals surface area (Å²) in [5.41, 5.74) is 7.05. The molecule has 1 fully saturated rings. The summed E-state index contributed by atoms with van der Waals surface area (Å²) in [6, 6.07) is 19.8. The van der Waals surface area contributed by atoms with Crippen molar-refractivity contribution >= 4 is 11.9 Å². The summed E-state index contributed by atoms with van der Waals surface area (Å²) in [5.74, 6) is -3.23. The molecule has 5 heteroatoms. The molecular formula is C22H25NO4. The van der Waals surface area contributed by atoms with Gasteiger partial charge in [-0.25, -0.2) is 0 Å². The standard InChI is InChI=1S/C22H25NO4/c23-22(21(26)27,19-13-18(19)20(24)25)14-17(11-15-7-3-1-4-8-15)12-16-9-5-2-6-10-16/h1-10,17-19H,11-14,23H2,(H,24,25)(H,26,27)/t18-,19?,22+/m0/s1. The van der Waals surface area contributed by atoms with Gasteiger partial charge in [0.15, 0.2) is 0 Å². The van der Waals surface area contributed by atoms with Crippen LogP contribution in [0.15, 0.2) is 60.7 Å². The highest BCUT2D eigenvalue weighted by atomic mass is 16.4. The lowest BCUT2D eigenvalue weighted by Gasteiger charge is -2.30. The minimum absolute atomic E-state index is 0.00550. The van der Waals surface area contributed by atoms with E-state index in [9.17, 15) is 19.8 Å². The van der Waals surface area contributed by atoms with Crippen LogP contribution in [0.2, 0.25) is 0 Å². The third kappa shape index (κ3) is 4.55. The number of carbonyl (C=O) groups is 2. The van der Waals surface area contributed by atoms with Gasteiger partial charge in [-0.2, -0.15) is 0 Å². The molecule has 0 heterocycles. The van der Waals surface area contributed by atoms with E-state index in [-0.39, 0.29) is 12.3 Å². The topological polar surface area (TPSA) is 101 Å². The molecule has 3 atom stereocenters. The third-order valence-electron chi connectivity index (χ3n) is 5.53. The van der Waals surface area contributed by atoms with Crippen LogP contribution >= 0.6 is 0 Å². The van der Waals surface area contributed by atoms with Gasteiger partial charge >= 0.3 is 11.9 Å².